The Kier molecular flexibility index (Phi) is 6.10. The predicted molar refractivity (Wildman–Crippen MR) is 108 cm³/mol. The van der Waals surface area contributed by atoms with Gasteiger partial charge in [0.15, 0.2) is 5.78 Å². The van der Waals surface area contributed by atoms with Crippen LogP contribution in [0.3, 0.4) is 0 Å². The molecule has 3 atom stereocenters. The van der Waals surface area contributed by atoms with Gasteiger partial charge in [0, 0.05) is 22.9 Å². The second kappa shape index (κ2) is 8.42. The van der Waals surface area contributed by atoms with E-state index < -0.39 is 35.4 Å². The molecule has 7 heteroatoms. The molecule has 160 valence electrons. The standard InChI is InChI=1S/C23H26FNO5/c1-11(2)30-23(28)18-13(4)25-16-9-12(3)17(22(27)29-5)21(26)20(16)19(18)14-7-6-8-15(24)10-14/h6-8,10-12,17,19,25H,9H2,1-5H3. The molecule has 1 N–H and O–H groups in total. The molecule has 0 amide bonds. The molecule has 2 aliphatic rings. The van der Waals surface area contributed by atoms with Crippen LogP contribution >= 0.6 is 0 Å². The van der Waals surface area contributed by atoms with Crippen LogP contribution in [0.1, 0.15) is 45.6 Å². The first-order valence-corrected chi connectivity index (χ1v) is 9.95. The lowest BCUT2D eigenvalue weighted by Crippen LogP contribution is -2.43. The molecule has 0 spiro atoms. The Labute approximate surface area is 175 Å². The van der Waals surface area contributed by atoms with E-state index in [1.165, 1.54) is 25.3 Å². The topological polar surface area (TPSA) is 81.7 Å². The number of methoxy groups -OCH3 is 1. The fourth-order valence-electron chi connectivity index (χ4n) is 4.25. The van der Waals surface area contributed by atoms with Gasteiger partial charge >= 0.3 is 11.9 Å². The van der Waals surface area contributed by atoms with Crippen LogP contribution in [0, 0.1) is 17.7 Å². The van der Waals surface area contributed by atoms with Crippen molar-refractivity contribution >= 4 is 17.7 Å². The number of carbonyl (C=O) groups is 3. The molecule has 3 unspecified atom stereocenters. The molecule has 0 saturated carbocycles. The molecule has 0 aromatic heterocycles. The summed E-state index contributed by atoms with van der Waals surface area (Å²) in [6.07, 6.45) is 0.0579. The zero-order valence-electron chi connectivity index (χ0n) is 17.7. The van der Waals surface area contributed by atoms with Crippen LogP contribution in [0.15, 0.2) is 46.8 Å². The number of ether oxygens (including phenoxy) is 2. The van der Waals surface area contributed by atoms with E-state index in [4.69, 9.17) is 9.47 Å². The molecular formula is C23H26FNO5. The number of hydrogen-bond acceptors (Lipinski definition) is 6. The van der Waals surface area contributed by atoms with Crippen LogP contribution in [0.4, 0.5) is 4.39 Å². The molecular weight excluding hydrogens is 389 g/mol. The minimum atomic E-state index is -0.979. The van der Waals surface area contributed by atoms with Gasteiger partial charge in [-0.3, -0.25) is 9.59 Å². The van der Waals surface area contributed by atoms with Crippen LogP contribution in [0.5, 0.6) is 0 Å². The predicted octanol–water partition coefficient (Wildman–Crippen LogP) is 3.39. The van der Waals surface area contributed by atoms with Gasteiger partial charge in [-0.1, -0.05) is 19.1 Å². The van der Waals surface area contributed by atoms with Gasteiger partial charge in [-0.25, -0.2) is 9.18 Å². The molecule has 3 rings (SSSR count). The normalized spacial score (nSPS) is 23.8. The summed E-state index contributed by atoms with van der Waals surface area (Å²) in [6, 6.07) is 5.79. The number of halogens is 1. The molecule has 0 bridgehead atoms. The summed E-state index contributed by atoms with van der Waals surface area (Å²) in [6.45, 7) is 7.00. The van der Waals surface area contributed by atoms with Crippen molar-refractivity contribution in [2.24, 2.45) is 11.8 Å². The van der Waals surface area contributed by atoms with E-state index in [9.17, 15) is 18.8 Å². The highest BCUT2D eigenvalue weighted by molar-refractivity contribution is 6.12. The van der Waals surface area contributed by atoms with E-state index in [2.05, 4.69) is 5.32 Å². The molecule has 1 aliphatic heterocycles. The monoisotopic (exact) mass is 415 g/mol. The lowest BCUT2D eigenvalue weighted by atomic mass is 9.69. The van der Waals surface area contributed by atoms with E-state index >= 15 is 0 Å². The van der Waals surface area contributed by atoms with Gasteiger partial charge < -0.3 is 14.8 Å². The van der Waals surface area contributed by atoms with Crippen molar-refractivity contribution < 1.29 is 28.2 Å². The van der Waals surface area contributed by atoms with Crippen LogP contribution in [-0.4, -0.2) is 30.9 Å². The largest absolute Gasteiger partial charge is 0.468 e. The highest BCUT2D eigenvalue weighted by atomic mass is 19.1. The number of nitrogens with one attached hydrogen (secondary N) is 1. The van der Waals surface area contributed by atoms with Gasteiger partial charge in [0.2, 0.25) is 0 Å². The minimum Gasteiger partial charge on any atom is -0.468 e. The summed E-state index contributed by atoms with van der Waals surface area (Å²) >= 11 is 0. The van der Waals surface area contributed by atoms with Crippen molar-refractivity contribution in [1.29, 1.82) is 0 Å². The number of ketones is 1. The summed E-state index contributed by atoms with van der Waals surface area (Å²) in [5.74, 6) is -4.20. The first-order chi connectivity index (χ1) is 14.1. The lowest BCUT2D eigenvalue weighted by molar-refractivity contribution is -0.151. The summed E-state index contributed by atoms with van der Waals surface area (Å²) in [4.78, 5) is 38.8. The highest BCUT2D eigenvalue weighted by Crippen LogP contribution is 2.45. The molecule has 6 nitrogen and oxygen atoms in total. The van der Waals surface area contributed by atoms with E-state index in [1.807, 2.05) is 6.92 Å². The van der Waals surface area contributed by atoms with Gasteiger partial charge in [0.05, 0.1) is 18.8 Å². The number of allylic oxidation sites excluding steroid dienone is 3. The molecule has 1 aromatic carbocycles. The van der Waals surface area contributed by atoms with Crippen molar-refractivity contribution in [3.63, 3.8) is 0 Å². The Morgan fingerprint density at radius 3 is 2.57 bits per heavy atom. The van der Waals surface area contributed by atoms with Crippen molar-refractivity contribution in [2.45, 2.75) is 46.1 Å². The van der Waals surface area contributed by atoms with Gasteiger partial charge in [-0.15, -0.1) is 0 Å². The molecule has 1 aliphatic carbocycles. The van der Waals surface area contributed by atoms with Gasteiger partial charge in [-0.2, -0.15) is 0 Å². The molecule has 0 fully saturated rings. The molecule has 1 aromatic rings. The third-order valence-electron chi connectivity index (χ3n) is 5.49. The van der Waals surface area contributed by atoms with Crippen molar-refractivity contribution in [3.8, 4) is 0 Å². The maximum absolute atomic E-state index is 14.1. The molecule has 1 heterocycles. The number of benzene rings is 1. The van der Waals surface area contributed by atoms with E-state index in [1.54, 1.807) is 26.8 Å². The highest BCUT2D eigenvalue weighted by Gasteiger charge is 2.47. The SMILES string of the molecule is COC(=O)C1C(=O)C2=C(CC1C)NC(C)=C(C(=O)OC(C)C)C2c1cccc(F)c1. The summed E-state index contributed by atoms with van der Waals surface area (Å²) in [7, 11) is 1.24. The first kappa shape index (κ1) is 21.7. The minimum absolute atomic E-state index is 0.236. The summed E-state index contributed by atoms with van der Waals surface area (Å²) in [5.41, 5.74) is 2.16. The van der Waals surface area contributed by atoms with E-state index in [-0.39, 0.29) is 23.2 Å². The van der Waals surface area contributed by atoms with Gasteiger partial charge in [0.1, 0.15) is 11.7 Å². The zero-order chi connectivity index (χ0) is 22.2. The Morgan fingerprint density at radius 1 is 1.27 bits per heavy atom. The van der Waals surface area contributed by atoms with Crippen molar-refractivity contribution in [3.05, 3.63) is 58.2 Å². The smallest absolute Gasteiger partial charge is 0.337 e. The third kappa shape index (κ3) is 3.88. The summed E-state index contributed by atoms with van der Waals surface area (Å²) < 4.78 is 24.3. The van der Waals surface area contributed by atoms with Crippen LogP contribution in [-0.2, 0) is 23.9 Å². The average Bonchev–Trinajstić information content (AvgIpc) is 2.65. The van der Waals surface area contributed by atoms with Gasteiger partial charge in [0.25, 0.3) is 0 Å². The zero-order valence-corrected chi connectivity index (χ0v) is 17.7. The Morgan fingerprint density at radius 2 is 1.97 bits per heavy atom. The maximum Gasteiger partial charge on any atom is 0.337 e. The number of rotatable bonds is 4. The summed E-state index contributed by atoms with van der Waals surface area (Å²) in [5, 5.41) is 3.17. The molecule has 30 heavy (non-hydrogen) atoms. The first-order valence-electron chi connectivity index (χ1n) is 9.95. The average molecular weight is 415 g/mol. The van der Waals surface area contributed by atoms with Crippen LogP contribution in [0.2, 0.25) is 0 Å². The second-order valence-electron chi connectivity index (χ2n) is 8.04. The van der Waals surface area contributed by atoms with Crippen LogP contribution in [0.25, 0.3) is 0 Å². The molecule has 0 saturated heterocycles. The quantitative estimate of drug-likeness (QED) is 0.600. The fourth-order valence-corrected chi connectivity index (χ4v) is 4.25. The lowest BCUT2D eigenvalue weighted by Gasteiger charge is -2.38. The number of hydrogen-bond donors (Lipinski definition) is 1. The Bertz CT molecular complexity index is 962. The van der Waals surface area contributed by atoms with Gasteiger partial charge in [-0.05, 0) is 50.8 Å². The van der Waals surface area contributed by atoms with Crippen molar-refractivity contribution in [1.82, 2.24) is 5.32 Å². The number of carbonyl (C=O) groups excluding carboxylic acids is 3. The second-order valence-corrected chi connectivity index (χ2v) is 8.04. The van der Waals surface area contributed by atoms with Crippen molar-refractivity contribution in [2.75, 3.05) is 7.11 Å². The number of esters is 2. The third-order valence-corrected chi connectivity index (χ3v) is 5.49. The number of dihydropyridines is 1. The van der Waals surface area contributed by atoms with E-state index in [0.717, 1.165) is 0 Å². The maximum atomic E-state index is 14.1. The fraction of sp³-hybridized carbons (Fsp3) is 0.435. The van der Waals surface area contributed by atoms with Crippen LogP contribution < -0.4 is 5.32 Å². The van der Waals surface area contributed by atoms with E-state index in [0.29, 0.717) is 23.4 Å². The Balaban J connectivity index is 2.19. The number of Topliss-reactive ketones (excluding diaryl/α,β-unsaturated/α-hetero) is 1. The Hall–Kier alpha value is -2.96. The molecule has 0 radical (unpaired) electrons.